The fourth-order valence-corrected chi connectivity index (χ4v) is 2.81. The fraction of sp³-hybridized carbons (Fsp3) is 0.318. The van der Waals surface area contributed by atoms with Gasteiger partial charge < -0.3 is 30.3 Å². The van der Waals surface area contributed by atoms with Crippen LogP contribution >= 0.6 is 0 Å². The van der Waals surface area contributed by atoms with Gasteiger partial charge in [0, 0.05) is 18.5 Å². The van der Waals surface area contributed by atoms with Gasteiger partial charge in [-0.15, -0.1) is 0 Å². The summed E-state index contributed by atoms with van der Waals surface area (Å²) in [5, 5.41) is 21.0. The van der Waals surface area contributed by atoms with E-state index in [1.165, 1.54) is 5.56 Å². The molecule has 4 N–H and O–H groups in total. The van der Waals surface area contributed by atoms with Crippen LogP contribution < -0.4 is 20.1 Å². The van der Waals surface area contributed by atoms with Crippen LogP contribution in [0.25, 0.3) is 0 Å². The molecule has 1 heterocycles. The van der Waals surface area contributed by atoms with E-state index in [0.717, 1.165) is 23.5 Å². The van der Waals surface area contributed by atoms with E-state index >= 15 is 0 Å². The van der Waals surface area contributed by atoms with Crippen LogP contribution in [0.4, 0.5) is 0 Å². The maximum Gasteiger partial charge on any atom is 0.414 e. The van der Waals surface area contributed by atoms with Crippen LogP contribution in [0.2, 0.25) is 0 Å². The van der Waals surface area contributed by atoms with Gasteiger partial charge >= 0.3 is 11.9 Å². The zero-order valence-corrected chi connectivity index (χ0v) is 17.2. The Morgan fingerprint density at radius 2 is 1.74 bits per heavy atom. The summed E-state index contributed by atoms with van der Waals surface area (Å²) < 4.78 is 11.2. The molecule has 1 aliphatic heterocycles. The van der Waals surface area contributed by atoms with Crippen LogP contribution in [0.15, 0.2) is 48.5 Å². The molecule has 1 aliphatic rings. The molecule has 166 valence electrons. The molecular formula is C22H26N2O7. The summed E-state index contributed by atoms with van der Waals surface area (Å²) in [4.78, 5) is 30.3. The predicted octanol–water partition coefficient (Wildman–Crippen LogP) is 1.76. The van der Waals surface area contributed by atoms with Gasteiger partial charge in [0.2, 0.25) is 5.91 Å². The van der Waals surface area contributed by atoms with Crippen molar-refractivity contribution >= 4 is 17.8 Å². The minimum Gasteiger partial charge on any atom is -0.493 e. The van der Waals surface area contributed by atoms with Crippen LogP contribution in [0, 0.1) is 6.92 Å². The van der Waals surface area contributed by atoms with Gasteiger partial charge in [0.05, 0.1) is 19.2 Å². The van der Waals surface area contributed by atoms with E-state index in [1.807, 2.05) is 55.5 Å². The molecule has 31 heavy (non-hydrogen) atoms. The summed E-state index contributed by atoms with van der Waals surface area (Å²) >= 11 is 0. The Hall–Kier alpha value is -3.59. The van der Waals surface area contributed by atoms with Crippen LogP contribution in [0.3, 0.4) is 0 Å². The highest BCUT2D eigenvalue weighted by Crippen LogP contribution is 2.31. The maximum absolute atomic E-state index is 12.1. The van der Waals surface area contributed by atoms with Crippen LogP contribution in [0.5, 0.6) is 11.5 Å². The third-order valence-corrected chi connectivity index (χ3v) is 4.33. The average molecular weight is 430 g/mol. The first-order chi connectivity index (χ1) is 14.9. The van der Waals surface area contributed by atoms with Crippen molar-refractivity contribution in [3.63, 3.8) is 0 Å². The Morgan fingerprint density at radius 1 is 1.06 bits per heavy atom. The number of hydrogen-bond acceptors (Lipinski definition) is 6. The first kappa shape index (κ1) is 23.7. The molecule has 9 nitrogen and oxygen atoms in total. The molecule has 0 saturated carbocycles. The van der Waals surface area contributed by atoms with E-state index in [9.17, 15) is 4.79 Å². The minimum atomic E-state index is -1.82. The van der Waals surface area contributed by atoms with Crippen LogP contribution in [0.1, 0.15) is 23.6 Å². The first-order valence-electron chi connectivity index (χ1n) is 9.74. The van der Waals surface area contributed by atoms with Gasteiger partial charge in [-0.3, -0.25) is 4.79 Å². The number of nitrogens with one attached hydrogen (secondary N) is 2. The maximum atomic E-state index is 12.1. The van der Waals surface area contributed by atoms with Gasteiger partial charge in [-0.2, -0.15) is 0 Å². The first-order valence-corrected chi connectivity index (χ1v) is 9.74. The van der Waals surface area contributed by atoms with Crippen molar-refractivity contribution in [1.82, 2.24) is 10.6 Å². The molecule has 2 aromatic carbocycles. The standard InChI is InChI=1S/C20H24N2O3.C2H2O4/c1-15-6-8-16(9-7-15)24-13-11-21-14-20(23)22-18-10-12-25-19-5-3-2-4-17(18)19;3-1(4)2(5)6/h2-9,18,21H,10-14H2,1H3,(H,22,23);(H,3,4)(H,5,6). The number of carboxylic acids is 2. The number of carboxylic acid groups (broad SMARTS) is 2. The molecule has 1 unspecified atom stereocenters. The quantitative estimate of drug-likeness (QED) is 0.386. The fourth-order valence-electron chi connectivity index (χ4n) is 2.81. The molecule has 9 heteroatoms. The normalized spacial score (nSPS) is 14.2. The van der Waals surface area contributed by atoms with Gasteiger partial charge in [0.1, 0.15) is 18.1 Å². The lowest BCUT2D eigenvalue weighted by Gasteiger charge is -2.26. The molecule has 1 atom stereocenters. The number of fused-ring (bicyclic) bond motifs is 1. The number of ether oxygens (including phenoxy) is 2. The second-order valence-corrected chi connectivity index (χ2v) is 6.74. The van der Waals surface area contributed by atoms with E-state index < -0.39 is 11.9 Å². The SMILES string of the molecule is Cc1ccc(OCCNCC(=O)NC2CCOc3ccccc32)cc1.O=C(O)C(=O)O. The zero-order chi connectivity index (χ0) is 22.6. The number of hydrogen-bond donors (Lipinski definition) is 4. The molecule has 1 amide bonds. The van der Waals surface area contributed by atoms with E-state index in [2.05, 4.69) is 10.6 Å². The third kappa shape index (κ3) is 8.35. The Labute approximate surface area is 180 Å². The summed E-state index contributed by atoms with van der Waals surface area (Å²) in [6.07, 6.45) is 0.791. The van der Waals surface area contributed by atoms with Crippen molar-refractivity contribution in [2.45, 2.75) is 19.4 Å². The van der Waals surface area contributed by atoms with Crippen molar-refractivity contribution in [1.29, 1.82) is 0 Å². The number of carbonyl (C=O) groups excluding carboxylic acids is 1. The van der Waals surface area contributed by atoms with E-state index in [-0.39, 0.29) is 18.5 Å². The van der Waals surface area contributed by atoms with E-state index in [4.69, 9.17) is 29.3 Å². The second kappa shape index (κ2) is 12.2. The molecule has 0 fully saturated rings. The van der Waals surface area contributed by atoms with Crippen molar-refractivity contribution in [3.8, 4) is 11.5 Å². The summed E-state index contributed by atoms with van der Waals surface area (Å²) in [6.45, 7) is 4.08. The van der Waals surface area contributed by atoms with Crippen LogP contribution in [-0.4, -0.2) is 54.4 Å². The average Bonchev–Trinajstić information content (AvgIpc) is 2.75. The van der Waals surface area contributed by atoms with Crippen molar-refractivity contribution in [2.75, 3.05) is 26.3 Å². The Kier molecular flexibility index (Phi) is 9.31. The topological polar surface area (TPSA) is 134 Å². The number of rotatable bonds is 7. The minimum absolute atomic E-state index is 0.0166. The second-order valence-electron chi connectivity index (χ2n) is 6.74. The highest BCUT2D eigenvalue weighted by atomic mass is 16.5. The number of aliphatic carboxylic acids is 2. The Bertz CT molecular complexity index is 872. The molecule has 0 aliphatic carbocycles. The van der Waals surface area contributed by atoms with Gasteiger partial charge in [-0.1, -0.05) is 35.9 Å². The monoisotopic (exact) mass is 430 g/mol. The molecule has 0 radical (unpaired) electrons. The number of carbonyl (C=O) groups is 3. The van der Waals surface area contributed by atoms with Crippen molar-refractivity contribution in [2.24, 2.45) is 0 Å². The smallest absolute Gasteiger partial charge is 0.414 e. The van der Waals surface area contributed by atoms with Gasteiger partial charge in [0.15, 0.2) is 0 Å². The van der Waals surface area contributed by atoms with E-state index in [1.54, 1.807) is 0 Å². The summed E-state index contributed by atoms with van der Waals surface area (Å²) in [6, 6.07) is 15.8. The number of para-hydroxylation sites is 1. The molecule has 0 saturated heterocycles. The number of amides is 1. The number of aryl methyl sites for hydroxylation is 1. The predicted molar refractivity (Wildman–Crippen MR) is 112 cm³/mol. The van der Waals surface area contributed by atoms with Gasteiger partial charge in [-0.25, -0.2) is 9.59 Å². The lowest BCUT2D eigenvalue weighted by atomic mass is 10.0. The van der Waals surface area contributed by atoms with Crippen molar-refractivity contribution in [3.05, 3.63) is 59.7 Å². The Balaban J connectivity index is 0.000000501. The molecule has 2 aromatic rings. The Morgan fingerprint density at radius 3 is 2.42 bits per heavy atom. The third-order valence-electron chi connectivity index (χ3n) is 4.33. The molecule has 0 bridgehead atoms. The summed E-state index contributed by atoms with van der Waals surface area (Å²) in [5.74, 6) is -1.96. The number of benzene rings is 2. The summed E-state index contributed by atoms with van der Waals surface area (Å²) in [7, 11) is 0. The summed E-state index contributed by atoms with van der Waals surface area (Å²) in [5.41, 5.74) is 2.25. The highest BCUT2D eigenvalue weighted by molar-refractivity contribution is 6.27. The molecule has 0 spiro atoms. The molecule has 0 aromatic heterocycles. The molecular weight excluding hydrogens is 404 g/mol. The van der Waals surface area contributed by atoms with E-state index in [0.29, 0.717) is 19.8 Å². The lowest BCUT2D eigenvalue weighted by molar-refractivity contribution is -0.159. The van der Waals surface area contributed by atoms with Crippen molar-refractivity contribution < 1.29 is 34.1 Å². The zero-order valence-electron chi connectivity index (χ0n) is 17.2. The molecule has 3 rings (SSSR count). The van der Waals surface area contributed by atoms with Crippen LogP contribution in [-0.2, 0) is 14.4 Å². The van der Waals surface area contributed by atoms with Gasteiger partial charge in [-0.05, 0) is 25.1 Å². The largest absolute Gasteiger partial charge is 0.493 e. The van der Waals surface area contributed by atoms with Gasteiger partial charge in [0.25, 0.3) is 0 Å². The lowest BCUT2D eigenvalue weighted by Crippen LogP contribution is -2.39. The highest BCUT2D eigenvalue weighted by Gasteiger charge is 2.22.